The third-order valence-electron chi connectivity index (χ3n) is 2.90. The van der Waals surface area contributed by atoms with E-state index in [0.29, 0.717) is 5.41 Å². The van der Waals surface area contributed by atoms with Crippen LogP contribution < -0.4 is 0 Å². The van der Waals surface area contributed by atoms with Crippen LogP contribution in [0.25, 0.3) is 0 Å². The second kappa shape index (κ2) is 4.11. The first-order valence-corrected chi connectivity index (χ1v) is 5.18. The number of likely N-dealkylation sites (tertiary alicyclic amines) is 1. The molecule has 3 heteroatoms. The molecule has 0 N–H and O–H groups in total. The Morgan fingerprint density at radius 1 is 1.57 bits per heavy atom. The van der Waals surface area contributed by atoms with E-state index in [0.717, 1.165) is 31.5 Å². The third-order valence-corrected chi connectivity index (χ3v) is 2.90. The van der Waals surface area contributed by atoms with Crippen molar-refractivity contribution in [2.75, 3.05) is 13.6 Å². The normalized spacial score (nSPS) is 26.3. The lowest BCUT2D eigenvalue weighted by atomic mass is 9.83. The monoisotopic (exact) mass is 196 g/mol. The van der Waals surface area contributed by atoms with Gasteiger partial charge in [-0.3, -0.25) is 4.99 Å². The van der Waals surface area contributed by atoms with Crippen molar-refractivity contribution in [1.82, 2.24) is 4.90 Å². The first-order valence-electron chi connectivity index (χ1n) is 5.18. The Morgan fingerprint density at radius 2 is 2.21 bits per heavy atom. The SMILES string of the molecule is CN=C1CCC(C)(C)CN1C(C)C=O. The molecule has 1 rings (SSSR count). The number of carbonyl (C=O) groups excluding carboxylic acids is 1. The average Bonchev–Trinajstić information content (AvgIpc) is 2.15. The van der Waals surface area contributed by atoms with Crippen LogP contribution in [0, 0.1) is 5.41 Å². The van der Waals surface area contributed by atoms with Crippen molar-refractivity contribution in [3.63, 3.8) is 0 Å². The zero-order chi connectivity index (χ0) is 10.8. The van der Waals surface area contributed by atoms with Crippen molar-refractivity contribution in [3.8, 4) is 0 Å². The highest BCUT2D eigenvalue weighted by Gasteiger charge is 2.31. The number of aldehydes is 1. The molecule has 0 bridgehead atoms. The van der Waals surface area contributed by atoms with Crippen molar-refractivity contribution < 1.29 is 4.79 Å². The minimum Gasteiger partial charge on any atom is -0.350 e. The van der Waals surface area contributed by atoms with Crippen LogP contribution in [-0.4, -0.2) is 36.7 Å². The molecule has 80 valence electrons. The number of hydrogen-bond donors (Lipinski definition) is 0. The zero-order valence-corrected chi connectivity index (χ0v) is 9.58. The van der Waals surface area contributed by atoms with Crippen molar-refractivity contribution in [3.05, 3.63) is 0 Å². The lowest BCUT2D eigenvalue weighted by Crippen LogP contribution is -2.48. The quantitative estimate of drug-likeness (QED) is 0.630. The summed E-state index contributed by atoms with van der Waals surface area (Å²) in [5.74, 6) is 1.07. The van der Waals surface area contributed by atoms with Crippen LogP contribution in [-0.2, 0) is 4.79 Å². The van der Waals surface area contributed by atoms with Gasteiger partial charge in [0.1, 0.15) is 6.29 Å². The molecule has 0 radical (unpaired) electrons. The van der Waals surface area contributed by atoms with Crippen molar-refractivity contribution in [2.24, 2.45) is 10.4 Å². The summed E-state index contributed by atoms with van der Waals surface area (Å²) in [4.78, 5) is 17.1. The Hall–Kier alpha value is -0.860. The highest BCUT2D eigenvalue weighted by atomic mass is 16.1. The van der Waals surface area contributed by atoms with E-state index in [2.05, 4.69) is 23.7 Å². The second-order valence-corrected chi connectivity index (χ2v) is 4.81. The summed E-state index contributed by atoms with van der Waals surface area (Å²) in [6, 6.07) is -0.0479. The molecule has 1 aliphatic rings. The van der Waals surface area contributed by atoms with Crippen molar-refractivity contribution in [1.29, 1.82) is 0 Å². The molecule has 14 heavy (non-hydrogen) atoms. The Bertz CT molecular complexity index is 246. The van der Waals surface area contributed by atoms with E-state index in [1.807, 2.05) is 6.92 Å². The summed E-state index contributed by atoms with van der Waals surface area (Å²) in [6.07, 6.45) is 3.13. The van der Waals surface area contributed by atoms with Crippen molar-refractivity contribution in [2.45, 2.75) is 39.7 Å². The molecule has 0 aromatic rings. The second-order valence-electron chi connectivity index (χ2n) is 4.81. The minimum atomic E-state index is -0.0479. The molecule has 0 amide bonds. The van der Waals surface area contributed by atoms with E-state index in [1.54, 1.807) is 7.05 Å². The van der Waals surface area contributed by atoms with Gasteiger partial charge >= 0.3 is 0 Å². The molecule has 1 unspecified atom stereocenters. The van der Waals surface area contributed by atoms with Gasteiger partial charge in [-0.2, -0.15) is 0 Å². The summed E-state index contributed by atoms with van der Waals surface area (Å²) in [5.41, 5.74) is 0.297. The van der Waals surface area contributed by atoms with Gasteiger partial charge in [0.25, 0.3) is 0 Å². The average molecular weight is 196 g/mol. The van der Waals surface area contributed by atoms with Crippen LogP contribution in [0.4, 0.5) is 0 Å². The fraction of sp³-hybridized carbons (Fsp3) is 0.818. The smallest absolute Gasteiger partial charge is 0.142 e. The molecule has 1 atom stereocenters. The van der Waals surface area contributed by atoms with Gasteiger partial charge in [-0.1, -0.05) is 13.8 Å². The van der Waals surface area contributed by atoms with Gasteiger partial charge in [-0.05, 0) is 18.8 Å². The standard InChI is InChI=1S/C11H20N2O/c1-9(7-14)13-8-11(2,3)6-5-10(13)12-4/h7,9H,5-6,8H2,1-4H3. The van der Waals surface area contributed by atoms with E-state index in [9.17, 15) is 4.79 Å². The Kier molecular flexibility index (Phi) is 3.29. The van der Waals surface area contributed by atoms with E-state index < -0.39 is 0 Å². The molecule has 1 heterocycles. The highest BCUT2D eigenvalue weighted by molar-refractivity contribution is 5.85. The fourth-order valence-electron chi connectivity index (χ4n) is 1.92. The van der Waals surface area contributed by atoms with E-state index in [1.165, 1.54) is 0 Å². The molecule has 0 aromatic heterocycles. The molecule has 0 aliphatic carbocycles. The fourth-order valence-corrected chi connectivity index (χ4v) is 1.92. The predicted molar refractivity (Wildman–Crippen MR) is 58.6 cm³/mol. The van der Waals surface area contributed by atoms with Crippen LogP contribution in [0.5, 0.6) is 0 Å². The van der Waals surface area contributed by atoms with Crippen molar-refractivity contribution >= 4 is 12.1 Å². The van der Waals surface area contributed by atoms with Gasteiger partial charge in [-0.25, -0.2) is 0 Å². The summed E-state index contributed by atoms with van der Waals surface area (Å²) < 4.78 is 0. The van der Waals surface area contributed by atoms with Gasteiger partial charge in [0, 0.05) is 20.0 Å². The molecule has 0 aromatic carbocycles. The number of rotatable bonds is 2. The van der Waals surface area contributed by atoms with E-state index >= 15 is 0 Å². The first kappa shape index (κ1) is 11.2. The number of carbonyl (C=O) groups is 1. The van der Waals surface area contributed by atoms with Gasteiger partial charge in [0.15, 0.2) is 0 Å². The van der Waals surface area contributed by atoms with Crippen LogP contribution in [0.2, 0.25) is 0 Å². The summed E-state index contributed by atoms with van der Waals surface area (Å²) in [5, 5.41) is 0. The van der Waals surface area contributed by atoms with E-state index in [-0.39, 0.29) is 6.04 Å². The number of hydrogen-bond acceptors (Lipinski definition) is 2. The number of amidine groups is 1. The molecule has 3 nitrogen and oxygen atoms in total. The third kappa shape index (κ3) is 2.34. The predicted octanol–water partition coefficient (Wildman–Crippen LogP) is 1.72. The summed E-state index contributed by atoms with van der Waals surface area (Å²) in [7, 11) is 1.80. The number of piperidine rings is 1. The lowest BCUT2D eigenvalue weighted by molar-refractivity contribution is -0.111. The number of aliphatic imine (C=N–C) groups is 1. The molecule has 1 aliphatic heterocycles. The van der Waals surface area contributed by atoms with Gasteiger partial charge in [0.05, 0.1) is 11.9 Å². The maximum Gasteiger partial charge on any atom is 0.142 e. The zero-order valence-electron chi connectivity index (χ0n) is 9.58. The largest absolute Gasteiger partial charge is 0.350 e. The maximum absolute atomic E-state index is 10.8. The van der Waals surface area contributed by atoms with E-state index in [4.69, 9.17) is 0 Å². The Balaban J connectivity index is 2.81. The lowest BCUT2D eigenvalue weighted by Gasteiger charge is -2.41. The minimum absolute atomic E-state index is 0.0479. The van der Waals surface area contributed by atoms with Crippen LogP contribution in [0.15, 0.2) is 4.99 Å². The van der Waals surface area contributed by atoms with Gasteiger partial charge in [-0.15, -0.1) is 0 Å². The molecule has 0 saturated carbocycles. The first-order chi connectivity index (χ1) is 6.50. The maximum atomic E-state index is 10.8. The topological polar surface area (TPSA) is 32.7 Å². The molecule has 1 saturated heterocycles. The van der Waals surface area contributed by atoms with Gasteiger partial charge in [0.2, 0.25) is 0 Å². The number of nitrogens with zero attached hydrogens (tertiary/aromatic N) is 2. The Morgan fingerprint density at radius 3 is 2.71 bits per heavy atom. The Labute approximate surface area is 86.2 Å². The summed E-state index contributed by atoms with van der Waals surface area (Å²) >= 11 is 0. The molecular weight excluding hydrogens is 176 g/mol. The van der Waals surface area contributed by atoms with Crippen LogP contribution >= 0.6 is 0 Å². The van der Waals surface area contributed by atoms with Crippen LogP contribution in [0.3, 0.4) is 0 Å². The van der Waals surface area contributed by atoms with Gasteiger partial charge < -0.3 is 9.69 Å². The summed E-state index contributed by atoms with van der Waals surface area (Å²) in [6.45, 7) is 7.34. The van der Waals surface area contributed by atoms with Crippen LogP contribution in [0.1, 0.15) is 33.6 Å². The molecule has 1 fully saturated rings. The highest BCUT2D eigenvalue weighted by Crippen LogP contribution is 2.30. The molecular formula is C11H20N2O. The molecule has 0 spiro atoms.